The number of benzene rings is 1. The van der Waals surface area contributed by atoms with E-state index < -0.39 is 33.7 Å². The van der Waals surface area contributed by atoms with Crippen molar-refractivity contribution in [1.82, 2.24) is 4.90 Å². The second-order valence-electron chi connectivity index (χ2n) is 5.97. The van der Waals surface area contributed by atoms with E-state index in [9.17, 15) is 23.7 Å². The van der Waals surface area contributed by atoms with Crippen molar-refractivity contribution in [2.24, 2.45) is 5.41 Å². The van der Waals surface area contributed by atoms with Gasteiger partial charge >= 0.3 is 5.69 Å². The van der Waals surface area contributed by atoms with Crippen molar-refractivity contribution in [3.63, 3.8) is 0 Å². The minimum atomic E-state index is -1.21. The Hall–Kier alpha value is -2.09. The number of rotatable bonds is 3. The summed E-state index contributed by atoms with van der Waals surface area (Å²) >= 11 is 0. The first-order chi connectivity index (χ1) is 10.3. The average Bonchev–Trinajstić information content (AvgIpc) is 2.37. The van der Waals surface area contributed by atoms with Crippen molar-refractivity contribution in [2.75, 3.05) is 20.2 Å². The molecule has 1 heterocycles. The molecule has 2 aliphatic rings. The van der Waals surface area contributed by atoms with Crippen molar-refractivity contribution >= 4 is 11.6 Å². The summed E-state index contributed by atoms with van der Waals surface area (Å²) in [5.74, 6) is -2.94. The highest BCUT2D eigenvalue weighted by Crippen LogP contribution is 2.49. The van der Waals surface area contributed by atoms with Gasteiger partial charge in [0.25, 0.3) is 5.91 Å². The van der Waals surface area contributed by atoms with Crippen LogP contribution in [0.25, 0.3) is 0 Å². The largest absolute Gasteiger partial charge is 0.381 e. The lowest BCUT2D eigenvalue weighted by Gasteiger charge is -2.58. The smallest absolute Gasteiger partial charge is 0.307 e. The second-order valence-corrected chi connectivity index (χ2v) is 5.97. The van der Waals surface area contributed by atoms with Crippen LogP contribution < -0.4 is 0 Å². The van der Waals surface area contributed by atoms with E-state index in [0.717, 1.165) is 12.8 Å². The van der Waals surface area contributed by atoms with Crippen LogP contribution in [0.2, 0.25) is 0 Å². The number of nitro groups is 1. The molecule has 0 bridgehead atoms. The second kappa shape index (κ2) is 4.98. The highest BCUT2D eigenvalue weighted by molar-refractivity contribution is 5.95. The number of ether oxygens (including phenoxy) is 1. The van der Waals surface area contributed by atoms with E-state index in [1.807, 2.05) is 0 Å². The van der Waals surface area contributed by atoms with Crippen molar-refractivity contribution < 1.29 is 23.2 Å². The van der Waals surface area contributed by atoms with Crippen LogP contribution in [0, 0.1) is 27.2 Å². The Kier molecular flexibility index (Phi) is 3.36. The fraction of sp³-hybridized carbons (Fsp3) is 0.500. The number of nitro benzene ring substituents is 1. The van der Waals surface area contributed by atoms with Crippen LogP contribution in [-0.4, -0.2) is 42.0 Å². The van der Waals surface area contributed by atoms with Gasteiger partial charge in [-0.05, 0) is 18.9 Å². The van der Waals surface area contributed by atoms with E-state index in [4.69, 9.17) is 4.74 Å². The van der Waals surface area contributed by atoms with Gasteiger partial charge in [0.15, 0.2) is 0 Å². The highest BCUT2D eigenvalue weighted by Gasteiger charge is 2.54. The molecule has 1 aromatic rings. The third-order valence-corrected chi connectivity index (χ3v) is 4.46. The maximum Gasteiger partial charge on any atom is 0.307 e. The van der Waals surface area contributed by atoms with E-state index in [-0.39, 0.29) is 11.5 Å². The standard InChI is InChI=1S/C14H14F2N2O4/c1-22-8-4-14(5-8)6-17(7-14)13(19)9-2-11(16)12(18(20)21)3-10(9)15/h2-3,8H,4-7H2,1H3. The number of likely N-dealkylation sites (tertiary alicyclic amines) is 1. The molecule has 22 heavy (non-hydrogen) atoms. The van der Waals surface area contributed by atoms with Gasteiger partial charge in [0.1, 0.15) is 5.82 Å². The molecule has 0 radical (unpaired) electrons. The Morgan fingerprint density at radius 2 is 2.00 bits per heavy atom. The van der Waals surface area contributed by atoms with Crippen LogP contribution in [-0.2, 0) is 4.74 Å². The molecule has 3 rings (SSSR count). The number of carbonyl (C=O) groups is 1. The predicted molar refractivity (Wildman–Crippen MR) is 71.4 cm³/mol. The molecule has 1 aliphatic heterocycles. The van der Waals surface area contributed by atoms with Crippen LogP contribution in [0.3, 0.4) is 0 Å². The molecule has 1 saturated carbocycles. The van der Waals surface area contributed by atoms with Crippen molar-refractivity contribution in [1.29, 1.82) is 0 Å². The molecule has 1 aromatic carbocycles. The first-order valence-corrected chi connectivity index (χ1v) is 6.81. The number of hydrogen-bond acceptors (Lipinski definition) is 4. The van der Waals surface area contributed by atoms with Crippen LogP contribution in [0.5, 0.6) is 0 Å². The van der Waals surface area contributed by atoms with Gasteiger partial charge < -0.3 is 9.64 Å². The lowest BCUT2D eigenvalue weighted by Crippen LogP contribution is -2.65. The van der Waals surface area contributed by atoms with E-state index in [1.54, 1.807) is 7.11 Å². The zero-order valence-corrected chi connectivity index (χ0v) is 11.8. The van der Waals surface area contributed by atoms with Gasteiger partial charge in [0.2, 0.25) is 5.82 Å². The molecular formula is C14H14F2N2O4. The lowest BCUT2D eigenvalue weighted by atomic mass is 9.61. The molecular weight excluding hydrogens is 298 g/mol. The van der Waals surface area contributed by atoms with Gasteiger partial charge in [-0.1, -0.05) is 0 Å². The molecule has 8 heteroatoms. The van der Waals surface area contributed by atoms with Crippen LogP contribution in [0.1, 0.15) is 23.2 Å². The molecule has 0 atom stereocenters. The summed E-state index contributed by atoms with van der Waals surface area (Å²) in [4.78, 5) is 23.1. The number of nitrogens with zero attached hydrogens (tertiary/aromatic N) is 2. The van der Waals surface area contributed by atoms with Gasteiger partial charge in [-0.3, -0.25) is 14.9 Å². The van der Waals surface area contributed by atoms with Gasteiger partial charge in [-0.25, -0.2) is 4.39 Å². The Balaban J connectivity index is 1.72. The normalized spacial score (nSPS) is 19.7. The van der Waals surface area contributed by atoms with Gasteiger partial charge in [-0.2, -0.15) is 4.39 Å². The fourth-order valence-electron chi connectivity index (χ4n) is 3.25. The van der Waals surface area contributed by atoms with Crippen LogP contribution in [0.15, 0.2) is 12.1 Å². The van der Waals surface area contributed by atoms with Crippen LogP contribution >= 0.6 is 0 Å². The van der Waals surface area contributed by atoms with Crippen molar-refractivity contribution in [3.8, 4) is 0 Å². The summed E-state index contributed by atoms with van der Waals surface area (Å²) in [7, 11) is 1.63. The zero-order chi connectivity index (χ0) is 16.1. The van der Waals surface area contributed by atoms with E-state index in [1.165, 1.54) is 4.90 Å². The molecule has 1 spiro atoms. The lowest BCUT2D eigenvalue weighted by molar-refractivity contribution is -0.387. The predicted octanol–water partition coefficient (Wildman–Crippen LogP) is 2.12. The maximum atomic E-state index is 13.8. The van der Waals surface area contributed by atoms with E-state index >= 15 is 0 Å². The number of carbonyl (C=O) groups excluding carboxylic acids is 1. The number of halogens is 2. The van der Waals surface area contributed by atoms with Crippen molar-refractivity contribution in [2.45, 2.75) is 18.9 Å². The summed E-state index contributed by atoms with van der Waals surface area (Å²) in [6, 6.07) is 1.04. The molecule has 1 saturated heterocycles. The monoisotopic (exact) mass is 312 g/mol. The summed E-state index contributed by atoms with van der Waals surface area (Å²) in [5.41, 5.74) is -1.41. The molecule has 118 valence electrons. The summed E-state index contributed by atoms with van der Waals surface area (Å²) < 4.78 is 32.6. The van der Waals surface area contributed by atoms with Crippen molar-refractivity contribution in [3.05, 3.63) is 39.4 Å². The minimum Gasteiger partial charge on any atom is -0.381 e. The zero-order valence-electron chi connectivity index (χ0n) is 11.8. The Bertz CT molecular complexity index is 650. The Morgan fingerprint density at radius 3 is 2.55 bits per heavy atom. The minimum absolute atomic E-state index is 0.0339. The first-order valence-electron chi connectivity index (χ1n) is 6.81. The fourth-order valence-corrected chi connectivity index (χ4v) is 3.25. The average molecular weight is 312 g/mol. The topological polar surface area (TPSA) is 72.7 Å². The molecule has 6 nitrogen and oxygen atoms in total. The van der Waals surface area contributed by atoms with E-state index in [2.05, 4.69) is 0 Å². The number of methoxy groups -OCH3 is 1. The molecule has 0 N–H and O–H groups in total. The van der Waals surface area contributed by atoms with Gasteiger partial charge in [0.05, 0.1) is 22.7 Å². The molecule has 0 unspecified atom stereocenters. The molecule has 1 aliphatic carbocycles. The number of hydrogen-bond donors (Lipinski definition) is 0. The van der Waals surface area contributed by atoms with Gasteiger partial charge in [0, 0.05) is 25.6 Å². The number of amides is 1. The van der Waals surface area contributed by atoms with Crippen LogP contribution in [0.4, 0.5) is 14.5 Å². The van der Waals surface area contributed by atoms with Gasteiger partial charge in [-0.15, -0.1) is 0 Å². The summed E-state index contributed by atoms with van der Waals surface area (Å²) in [6.07, 6.45) is 1.90. The Morgan fingerprint density at radius 1 is 1.36 bits per heavy atom. The maximum absolute atomic E-state index is 13.8. The molecule has 1 amide bonds. The molecule has 0 aromatic heterocycles. The summed E-state index contributed by atoms with van der Waals surface area (Å²) in [6.45, 7) is 0.952. The third kappa shape index (κ3) is 2.23. The third-order valence-electron chi connectivity index (χ3n) is 4.46. The SMILES string of the molecule is COC1CC2(C1)CN(C(=O)c1cc(F)c([N+](=O)[O-])cc1F)C2. The summed E-state index contributed by atoms with van der Waals surface area (Å²) in [5, 5.41) is 10.5. The quantitative estimate of drug-likeness (QED) is 0.633. The molecule has 2 fully saturated rings. The highest BCUT2D eigenvalue weighted by atomic mass is 19.1. The first kappa shape index (κ1) is 14.8. The Labute approximate surface area is 124 Å². The van der Waals surface area contributed by atoms with E-state index in [0.29, 0.717) is 25.2 Å².